The molecule has 1 aliphatic rings. The molecule has 0 aliphatic carbocycles. The van der Waals surface area contributed by atoms with E-state index in [1.165, 1.54) is 38.9 Å². The van der Waals surface area contributed by atoms with E-state index in [-0.39, 0.29) is 0 Å². The maximum atomic E-state index is 3.24. The molecule has 0 radical (unpaired) electrons. The van der Waals surface area contributed by atoms with Crippen LogP contribution < -0.4 is 0 Å². The maximum Gasteiger partial charge on any atom is 0.0217 e. The van der Waals surface area contributed by atoms with Crippen molar-refractivity contribution in [2.75, 3.05) is 19.6 Å². The van der Waals surface area contributed by atoms with Crippen LogP contribution in [0, 0.1) is 17.8 Å². The summed E-state index contributed by atoms with van der Waals surface area (Å²) in [4.78, 5) is 2.54. The van der Waals surface area contributed by atoms with Gasteiger partial charge in [-0.3, -0.25) is 0 Å². The molecule has 0 aromatic heterocycles. The van der Waals surface area contributed by atoms with Crippen LogP contribution in [-0.2, 0) is 0 Å². The van der Waals surface area contributed by atoms with E-state index in [4.69, 9.17) is 0 Å². The highest BCUT2D eigenvalue weighted by Crippen LogP contribution is 2.08. The molecule has 1 saturated heterocycles. The van der Waals surface area contributed by atoms with E-state index < -0.39 is 0 Å². The number of rotatable bonds is 2. The smallest absolute Gasteiger partial charge is 0.0217 e. The predicted octanol–water partition coefficient (Wildman–Crippen LogP) is 2.52. The highest BCUT2D eigenvalue weighted by molar-refractivity contribution is 5.01. The third-order valence-electron chi connectivity index (χ3n) is 2.39. The second-order valence-corrected chi connectivity index (χ2v) is 4.13. The molecule has 0 aromatic carbocycles. The molecular weight excluding hydrogens is 158 g/mol. The summed E-state index contributed by atoms with van der Waals surface area (Å²) in [6.07, 6.45) is 5.25. The van der Waals surface area contributed by atoms with Gasteiger partial charge in [0.1, 0.15) is 0 Å². The van der Waals surface area contributed by atoms with Crippen molar-refractivity contribution in [2.45, 2.75) is 39.5 Å². The van der Waals surface area contributed by atoms with Gasteiger partial charge in [0.15, 0.2) is 0 Å². The van der Waals surface area contributed by atoms with E-state index in [1.807, 2.05) is 0 Å². The number of piperidine rings is 1. The zero-order valence-electron chi connectivity index (χ0n) is 8.97. The molecule has 1 rings (SSSR count). The van der Waals surface area contributed by atoms with E-state index in [2.05, 4.69) is 30.6 Å². The maximum absolute atomic E-state index is 3.24. The summed E-state index contributed by atoms with van der Waals surface area (Å²) in [6, 6.07) is 0. The van der Waals surface area contributed by atoms with Crippen molar-refractivity contribution in [2.24, 2.45) is 5.92 Å². The van der Waals surface area contributed by atoms with Crippen molar-refractivity contribution >= 4 is 0 Å². The summed E-state index contributed by atoms with van der Waals surface area (Å²) in [5.41, 5.74) is 0. The fourth-order valence-electron chi connectivity index (χ4n) is 1.67. The highest BCUT2D eigenvalue weighted by atomic mass is 15.1. The van der Waals surface area contributed by atoms with Gasteiger partial charge in [-0.2, -0.15) is 0 Å². The number of hydrogen-bond donors (Lipinski definition) is 0. The Morgan fingerprint density at radius 3 is 2.46 bits per heavy atom. The number of hydrogen-bond acceptors (Lipinski definition) is 1. The van der Waals surface area contributed by atoms with E-state index in [1.54, 1.807) is 0 Å². The molecule has 1 fully saturated rings. The van der Waals surface area contributed by atoms with Crippen LogP contribution in [0.25, 0.3) is 0 Å². The van der Waals surface area contributed by atoms with E-state index in [0.29, 0.717) is 5.92 Å². The van der Waals surface area contributed by atoms with Gasteiger partial charge < -0.3 is 4.90 Å². The standard InChI is InChI=1S/C12H21N/c1-12(2)8-4-7-11-13-9-5-3-6-10-13/h12H,3,5-7,9-11H2,1-2H3. The second-order valence-electron chi connectivity index (χ2n) is 4.13. The van der Waals surface area contributed by atoms with Crippen molar-refractivity contribution < 1.29 is 0 Å². The minimum atomic E-state index is 0.529. The van der Waals surface area contributed by atoms with Crippen molar-refractivity contribution in [3.63, 3.8) is 0 Å². The molecule has 1 aliphatic heterocycles. The minimum absolute atomic E-state index is 0.529. The van der Waals surface area contributed by atoms with Crippen molar-refractivity contribution in [3.05, 3.63) is 0 Å². The van der Waals surface area contributed by atoms with Gasteiger partial charge in [-0.25, -0.2) is 0 Å². The van der Waals surface area contributed by atoms with Crippen LogP contribution in [0.1, 0.15) is 39.5 Å². The summed E-state index contributed by atoms with van der Waals surface area (Å²) in [7, 11) is 0. The lowest BCUT2D eigenvalue weighted by Crippen LogP contribution is -2.30. The average Bonchev–Trinajstić information content (AvgIpc) is 2.14. The van der Waals surface area contributed by atoms with Crippen LogP contribution in [0.4, 0.5) is 0 Å². The Balaban J connectivity index is 2.08. The van der Waals surface area contributed by atoms with Crippen molar-refractivity contribution in [1.82, 2.24) is 4.90 Å². The van der Waals surface area contributed by atoms with Gasteiger partial charge in [-0.15, -0.1) is 11.8 Å². The Kier molecular flexibility index (Phi) is 4.93. The monoisotopic (exact) mass is 179 g/mol. The van der Waals surface area contributed by atoms with Crippen LogP contribution in [0.3, 0.4) is 0 Å². The fraction of sp³-hybridized carbons (Fsp3) is 0.833. The van der Waals surface area contributed by atoms with E-state index >= 15 is 0 Å². The van der Waals surface area contributed by atoms with Gasteiger partial charge in [0.2, 0.25) is 0 Å². The molecule has 1 heteroatoms. The Labute approximate surface area is 82.5 Å². The van der Waals surface area contributed by atoms with Gasteiger partial charge >= 0.3 is 0 Å². The number of nitrogens with zero attached hydrogens (tertiary/aromatic N) is 1. The van der Waals surface area contributed by atoms with Crippen LogP contribution in [-0.4, -0.2) is 24.5 Å². The Hall–Kier alpha value is -0.480. The molecule has 0 aromatic rings. The van der Waals surface area contributed by atoms with Crippen LogP contribution in [0.15, 0.2) is 0 Å². The summed E-state index contributed by atoms with van der Waals surface area (Å²) >= 11 is 0. The Bertz CT molecular complexity index is 179. The first-order valence-electron chi connectivity index (χ1n) is 5.50. The quantitative estimate of drug-likeness (QED) is 0.589. The third-order valence-corrected chi connectivity index (χ3v) is 2.39. The minimum Gasteiger partial charge on any atom is -0.302 e. The predicted molar refractivity (Wildman–Crippen MR) is 57.5 cm³/mol. The molecule has 0 spiro atoms. The van der Waals surface area contributed by atoms with E-state index in [9.17, 15) is 0 Å². The van der Waals surface area contributed by atoms with Crippen LogP contribution in [0.2, 0.25) is 0 Å². The lowest BCUT2D eigenvalue weighted by Gasteiger charge is -2.25. The summed E-state index contributed by atoms with van der Waals surface area (Å²) in [6.45, 7) is 8.06. The van der Waals surface area contributed by atoms with Gasteiger partial charge in [0, 0.05) is 18.9 Å². The molecule has 0 bridgehead atoms. The van der Waals surface area contributed by atoms with E-state index in [0.717, 1.165) is 6.42 Å². The zero-order valence-corrected chi connectivity index (χ0v) is 8.97. The third kappa shape index (κ3) is 4.95. The molecule has 0 unspecified atom stereocenters. The van der Waals surface area contributed by atoms with Crippen LogP contribution in [0.5, 0.6) is 0 Å². The van der Waals surface area contributed by atoms with Gasteiger partial charge in [0.05, 0.1) is 0 Å². The van der Waals surface area contributed by atoms with Gasteiger partial charge in [0.25, 0.3) is 0 Å². The molecule has 1 nitrogen and oxygen atoms in total. The van der Waals surface area contributed by atoms with Gasteiger partial charge in [-0.1, -0.05) is 20.3 Å². The van der Waals surface area contributed by atoms with Crippen LogP contribution >= 0.6 is 0 Å². The lowest BCUT2D eigenvalue weighted by atomic mass is 10.1. The SMILES string of the molecule is CC(C)C#CCCN1CCCCC1. The Morgan fingerprint density at radius 2 is 1.85 bits per heavy atom. The fourth-order valence-corrected chi connectivity index (χ4v) is 1.67. The van der Waals surface area contributed by atoms with Crippen molar-refractivity contribution in [1.29, 1.82) is 0 Å². The summed E-state index contributed by atoms with van der Waals surface area (Å²) in [5, 5.41) is 0. The first-order valence-corrected chi connectivity index (χ1v) is 5.50. The topological polar surface area (TPSA) is 3.24 Å². The highest BCUT2D eigenvalue weighted by Gasteiger charge is 2.07. The molecule has 0 saturated carbocycles. The molecule has 0 amide bonds. The zero-order chi connectivity index (χ0) is 9.52. The summed E-state index contributed by atoms with van der Waals surface area (Å²) in [5.74, 6) is 6.98. The molecule has 13 heavy (non-hydrogen) atoms. The lowest BCUT2D eigenvalue weighted by molar-refractivity contribution is 0.234. The van der Waals surface area contributed by atoms with Crippen molar-refractivity contribution in [3.8, 4) is 11.8 Å². The first kappa shape index (κ1) is 10.6. The summed E-state index contributed by atoms with van der Waals surface area (Å²) < 4.78 is 0. The normalized spacial score (nSPS) is 18.4. The molecule has 0 atom stereocenters. The second kappa shape index (κ2) is 6.05. The molecule has 1 heterocycles. The van der Waals surface area contributed by atoms with Gasteiger partial charge in [-0.05, 0) is 25.9 Å². The molecule has 74 valence electrons. The Morgan fingerprint density at radius 1 is 1.15 bits per heavy atom. The largest absolute Gasteiger partial charge is 0.302 e. The molecule has 0 N–H and O–H groups in total. The first-order chi connectivity index (χ1) is 6.29. The number of likely N-dealkylation sites (tertiary alicyclic amines) is 1. The molecular formula is C12H21N. The average molecular weight is 179 g/mol.